The number of rotatable bonds is 8. The Morgan fingerprint density at radius 1 is 1.34 bits per heavy atom. The van der Waals surface area contributed by atoms with E-state index in [1.54, 1.807) is 26.3 Å². The summed E-state index contributed by atoms with van der Waals surface area (Å²) in [5.41, 5.74) is 2.96. The van der Waals surface area contributed by atoms with Crippen LogP contribution in [0, 0.1) is 19.8 Å². The van der Waals surface area contributed by atoms with Gasteiger partial charge in [0.2, 0.25) is 0 Å². The highest BCUT2D eigenvalue weighted by Gasteiger charge is 2.37. The standard InChI is InChI=1S/C24H30N4O4/c1-13-11-19(31-4)18(23(29)27-13)12-26-24(30)20-14(2)28(22-17(20)7-6-10-25-22)15(3)21(32-5)16-8-9-16/h6-7,10-11,15-16,21H,8-9,12H2,1-5H3,(H,26,30)(H,27,29). The molecule has 4 rings (SSSR count). The van der Waals surface area contributed by atoms with Gasteiger partial charge in [0.25, 0.3) is 11.5 Å². The van der Waals surface area contributed by atoms with Crippen LogP contribution < -0.4 is 15.6 Å². The number of H-pyrrole nitrogens is 1. The number of nitrogens with one attached hydrogen (secondary N) is 2. The summed E-state index contributed by atoms with van der Waals surface area (Å²) in [7, 11) is 3.25. The first kappa shape index (κ1) is 22.1. The molecule has 0 bridgehead atoms. The molecule has 2 N–H and O–H groups in total. The van der Waals surface area contributed by atoms with E-state index in [9.17, 15) is 9.59 Å². The summed E-state index contributed by atoms with van der Waals surface area (Å²) < 4.78 is 13.3. The molecule has 1 fully saturated rings. The molecular formula is C24H30N4O4. The van der Waals surface area contributed by atoms with Crippen LogP contribution in [0.15, 0.2) is 29.2 Å². The molecule has 1 saturated carbocycles. The summed E-state index contributed by atoms with van der Waals surface area (Å²) >= 11 is 0. The van der Waals surface area contributed by atoms with E-state index in [0.29, 0.717) is 28.5 Å². The smallest absolute Gasteiger partial charge is 0.256 e. The molecule has 2 unspecified atom stereocenters. The summed E-state index contributed by atoms with van der Waals surface area (Å²) in [6.07, 6.45) is 4.13. The molecule has 0 aliphatic heterocycles. The fourth-order valence-corrected chi connectivity index (χ4v) is 4.69. The van der Waals surface area contributed by atoms with Gasteiger partial charge in [-0.3, -0.25) is 9.59 Å². The maximum absolute atomic E-state index is 13.3. The lowest BCUT2D eigenvalue weighted by Crippen LogP contribution is -2.29. The minimum Gasteiger partial charge on any atom is -0.496 e. The van der Waals surface area contributed by atoms with Crippen molar-refractivity contribution >= 4 is 16.9 Å². The Balaban J connectivity index is 1.68. The van der Waals surface area contributed by atoms with Crippen LogP contribution >= 0.6 is 0 Å². The van der Waals surface area contributed by atoms with E-state index in [1.807, 2.05) is 19.1 Å². The normalized spacial score (nSPS) is 15.5. The first-order valence-corrected chi connectivity index (χ1v) is 10.9. The predicted octanol–water partition coefficient (Wildman–Crippen LogP) is 3.27. The molecular weight excluding hydrogens is 408 g/mol. The second-order valence-corrected chi connectivity index (χ2v) is 8.49. The van der Waals surface area contributed by atoms with Crippen molar-refractivity contribution in [2.75, 3.05) is 14.2 Å². The maximum Gasteiger partial charge on any atom is 0.256 e. The van der Waals surface area contributed by atoms with E-state index >= 15 is 0 Å². The van der Waals surface area contributed by atoms with Crippen molar-refractivity contribution in [2.45, 2.75) is 52.3 Å². The van der Waals surface area contributed by atoms with Gasteiger partial charge in [-0.1, -0.05) is 0 Å². The lowest BCUT2D eigenvalue weighted by molar-refractivity contribution is 0.0460. The summed E-state index contributed by atoms with van der Waals surface area (Å²) in [5.74, 6) is 0.732. The fraction of sp³-hybridized carbons (Fsp3) is 0.458. The Labute approximate surface area is 187 Å². The van der Waals surface area contributed by atoms with Gasteiger partial charge in [-0.05, 0) is 57.7 Å². The fourth-order valence-electron chi connectivity index (χ4n) is 4.69. The summed E-state index contributed by atoms with van der Waals surface area (Å²) in [5, 5.41) is 3.68. The maximum atomic E-state index is 13.3. The lowest BCUT2D eigenvalue weighted by Gasteiger charge is -2.26. The van der Waals surface area contributed by atoms with Gasteiger partial charge in [0.1, 0.15) is 11.4 Å². The van der Waals surface area contributed by atoms with Gasteiger partial charge in [-0.2, -0.15) is 0 Å². The Morgan fingerprint density at radius 2 is 2.09 bits per heavy atom. The predicted molar refractivity (Wildman–Crippen MR) is 122 cm³/mol. The molecule has 0 radical (unpaired) electrons. The van der Waals surface area contributed by atoms with E-state index in [4.69, 9.17) is 9.47 Å². The number of aryl methyl sites for hydroxylation is 1. The highest BCUT2D eigenvalue weighted by Crippen LogP contribution is 2.40. The molecule has 3 aromatic heterocycles. The molecule has 0 saturated heterocycles. The number of aromatic amines is 1. The number of hydrogen-bond acceptors (Lipinski definition) is 5. The van der Waals surface area contributed by atoms with E-state index < -0.39 is 0 Å². The molecule has 8 heteroatoms. The van der Waals surface area contributed by atoms with Crippen LogP contribution in [0.4, 0.5) is 0 Å². The Bertz CT molecular complexity index is 1210. The van der Waals surface area contributed by atoms with Crippen molar-refractivity contribution in [3.8, 4) is 5.75 Å². The van der Waals surface area contributed by atoms with E-state index in [-0.39, 0.29) is 30.2 Å². The van der Waals surface area contributed by atoms with E-state index in [2.05, 4.69) is 26.8 Å². The first-order chi connectivity index (χ1) is 15.4. The Morgan fingerprint density at radius 3 is 2.75 bits per heavy atom. The van der Waals surface area contributed by atoms with Crippen LogP contribution in [0.3, 0.4) is 0 Å². The molecule has 3 heterocycles. The zero-order chi connectivity index (χ0) is 23.0. The van der Waals surface area contributed by atoms with Crippen molar-refractivity contribution < 1.29 is 14.3 Å². The molecule has 3 aromatic rings. The quantitative estimate of drug-likeness (QED) is 0.563. The summed E-state index contributed by atoms with van der Waals surface area (Å²) in [6, 6.07) is 5.52. The Hall–Kier alpha value is -3.13. The second kappa shape index (κ2) is 8.78. The number of nitrogens with zero attached hydrogens (tertiary/aromatic N) is 2. The van der Waals surface area contributed by atoms with Gasteiger partial charge in [0.15, 0.2) is 0 Å². The molecule has 0 spiro atoms. The van der Waals surface area contributed by atoms with Crippen molar-refractivity contribution in [2.24, 2.45) is 5.92 Å². The second-order valence-electron chi connectivity index (χ2n) is 8.49. The topological polar surface area (TPSA) is 98.2 Å². The van der Waals surface area contributed by atoms with Crippen LogP contribution in [-0.4, -0.2) is 40.8 Å². The van der Waals surface area contributed by atoms with Gasteiger partial charge in [-0.25, -0.2) is 4.98 Å². The Kier molecular flexibility index (Phi) is 6.06. The summed E-state index contributed by atoms with van der Waals surface area (Å²) in [6.45, 7) is 5.90. The van der Waals surface area contributed by atoms with Gasteiger partial charge in [-0.15, -0.1) is 0 Å². The lowest BCUT2D eigenvalue weighted by atomic mass is 10.1. The minimum atomic E-state index is -0.274. The highest BCUT2D eigenvalue weighted by atomic mass is 16.5. The van der Waals surface area contributed by atoms with Crippen molar-refractivity contribution in [1.29, 1.82) is 0 Å². The third-order valence-corrected chi connectivity index (χ3v) is 6.35. The summed E-state index contributed by atoms with van der Waals surface area (Å²) in [4.78, 5) is 33.1. The molecule has 1 aliphatic carbocycles. The van der Waals surface area contributed by atoms with E-state index in [0.717, 1.165) is 29.6 Å². The van der Waals surface area contributed by atoms with Gasteiger partial charge >= 0.3 is 0 Å². The molecule has 0 aromatic carbocycles. The third-order valence-electron chi connectivity index (χ3n) is 6.35. The number of carbonyl (C=O) groups excluding carboxylic acids is 1. The van der Waals surface area contributed by atoms with Crippen LogP contribution in [-0.2, 0) is 11.3 Å². The van der Waals surface area contributed by atoms with Gasteiger partial charge < -0.3 is 24.3 Å². The zero-order valence-electron chi connectivity index (χ0n) is 19.2. The highest BCUT2D eigenvalue weighted by molar-refractivity contribution is 6.07. The van der Waals surface area contributed by atoms with Gasteiger partial charge in [0.05, 0.1) is 36.9 Å². The molecule has 8 nitrogen and oxygen atoms in total. The van der Waals surface area contributed by atoms with Crippen molar-refractivity contribution in [1.82, 2.24) is 19.9 Å². The van der Waals surface area contributed by atoms with Crippen molar-refractivity contribution in [3.63, 3.8) is 0 Å². The van der Waals surface area contributed by atoms with Crippen molar-refractivity contribution in [3.05, 3.63) is 57.3 Å². The molecule has 2 atom stereocenters. The zero-order valence-corrected chi connectivity index (χ0v) is 19.2. The SMILES string of the molecule is COc1cc(C)[nH]c(=O)c1CNC(=O)c1c(C)n(C(C)C(OC)C2CC2)c2ncccc12. The number of amides is 1. The monoisotopic (exact) mass is 438 g/mol. The van der Waals surface area contributed by atoms with Crippen LogP contribution in [0.1, 0.15) is 53.1 Å². The average molecular weight is 439 g/mol. The number of carbonyl (C=O) groups is 1. The number of pyridine rings is 2. The van der Waals surface area contributed by atoms with Crippen LogP contribution in [0.5, 0.6) is 5.75 Å². The first-order valence-electron chi connectivity index (χ1n) is 10.9. The average Bonchev–Trinajstić information content (AvgIpc) is 3.55. The number of methoxy groups -OCH3 is 2. The van der Waals surface area contributed by atoms with Crippen LogP contribution in [0.2, 0.25) is 0 Å². The third kappa shape index (κ3) is 3.90. The molecule has 1 amide bonds. The number of hydrogen-bond donors (Lipinski definition) is 2. The van der Waals surface area contributed by atoms with E-state index in [1.165, 1.54) is 7.11 Å². The number of fused-ring (bicyclic) bond motifs is 1. The van der Waals surface area contributed by atoms with Gasteiger partial charge in [0, 0.05) is 30.1 Å². The largest absolute Gasteiger partial charge is 0.496 e. The molecule has 170 valence electrons. The van der Waals surface area contributed by atoms with Crippen LogP contribution in [0.25, 0.3) is 11.0 Å². The number of ether oxygens (including phenoxy) is 2. The number of aromatic nitrogens is 3. The molecule has 1 aliphatic rings. The molecule has 32 heavy (non-hydrogen) atoms. The minimum absolute atomic E-state index is 0.0338.